The fraction of sp³-hybridized carbons (Fsp3) is 0.333. The van der Waals surface area contributed by atoms with Crippen LogP contribution in [-0.4, -0.2) is 26.0 Å². The summed E-state index contributed by atoms with van der Waals surface area (Å²) >= 11 is 0. The van der Waals surface area contributed by atoms with Gasteiger partial charge in [0.2, 0.25) is 0 Å². The molecule has 0 saturated carbocycles. The molecule has 2 N–H and O–H groups in total. The van der Waals surface area contributed by atoms with Crippen molar-refractivity contribution in [2.24, 2.45) is 5.92 Å². The molecule has 2 aromatic carbocycles. The molecule has 0 aromatic heterocycles. The van der Waals surface area contributed by atoms with Gasteiger partial charge in [0.25, 0.3) is 11.8 Å². The van der Waals surface area contributed by atoms with Crippen molar-refractivity contribution in [3.63, 3.8) is 0 Å². The van der Waals surface area contributed by atoms with Crippen LogP contribution in [0.15, 0.2) is 60.7 Å². The molecule has 0 spiro atoms. The first-order valence-electron chi connectivity index (χ1n) is 9.96. The number of carbonyl (C=O) groups is 2. The number of hydrogen-bond donors (Lipinski definition) is 2. The van der Waals surface area contributed by atoms with Crippen molar-refractivity contribution in [2.45, 2.75) is 33.0 Å². The first kappa shape index (κ1) is 23.3. The van der Waals surface area contributed by atoms with Gasteiger partial charge in [-0.05, 0) is 42.0 Å². The van der Waals surface area contributed by atoms with Gasteiger partial charge in [-0.1, -0.05) is 56.3 Å². The maximum atomic E-state index is 12.4. The molecule has 30 heavy (non-hydrogen) atoms. The maximum absolute atomic E-state index is 12.4. The SMILES string of the molecule is COC(OC)c1ccc(C(=O)NNC(=O)/C=C(\CCC(C)C)c2ccccc2)cc1. The van der Waals surface area contributed by atoms with E-state index in [1.54, 1.807) is 44.6 Å². The molecule has 0 aliphatic carbocycles. The summed E-state index contributed by atoms with van der Waals surface area (Å²) in [5, 5.41) is 0. The highest BCUT2D eigenvalue weighted by Crippen LogP contribution is 2.22. The van der Waals surface area contributed by atoms with E-state index in [1.165, 1.54) is 0 Å². The second-order valence-electron chi connectivity index (χ2n) is 7.34. The lowest BCUT2D eigenvalue weighted by molar-refractivity contribution is -0.117. The molecule has 0 atom stereocenters. The number of hydrazine groups is 1. The minimum atomic E-state index is -0.491. The van der Waals surface area contributed by atoms with Gasteiger partial charge in [-0.2, -0.15) is 0 Å². The maximum Gasteiger partial charge on any atom is 0.269 e. The summed E-state index contributed by atoms with van der Waals surface area (Å²) in [4.78, 5) is 24.7. The molecule has 160 valence electrons. The molecule has 0 fully saturated rings. The Hall–Kier alpha value is -2.96. The lowest BCUT2D eigenvalue weighted by atomic mass is 9.96. The number of benzene rings is 2. The monoisotopic (exact) mass is 410 g/mol. The second kappa shape index (κ2) is 11.9. The van der Waals surface area contributed by atoms with Crippen LogP contribution in [0.3, 0.4) is 0 Å². The Morgan fingerprint density at radius 2 is 1.53 bits per heavy atom. The van der Waals surface area contributed by atoms with Crippen LogP contribution in [0.5, 0.6) is 0 Å². The van der Waals surface area contributed by atoms with Crippen LogP contribution in [-0.2, 0) is 14.3 Å². The highest BCUT2D eigenvalue weighted by molar-refractivity contribution is 5.99. The second-order valence-corrected chi connectivity index (χ2v) is 7.34. The van der Waals surface area contributed by atoms with Gasteiger partial charge >= 0.3 is 0 Å². The summed E-state index contributed by atoms with van der Waals surface area (Å²) in [6.07, 6.45) is 2.80. The highest BCUT2D eigenvalue weighted by Gasteiger charge is 2.12. The molecule has 0 saturated heterocycles. The van der Waals surface area contributed by atoms with E-state index in [-0.39, 0.29) is 5.91 Å². The van der Waals surface area contributed by atoms with Crippen LogP contribution in [0.1, 0.15) is 54.5 Å². The Kier molecular flexibility index (Phi) is 9.25. The summed E-state index contributed by atoms with van der Waals surface area (Å²) in [5.41, 5.74) is 8.06. The molecule has 2 rings (SSSR count). The highest BCUT2D eigenvalue weighted by atomic mass is 16.7. The fourth-order valence-electron chi connectivity index (χ4n) is 2.94. The average molecular weight is 411 g/mol. The minimum Gasteiger partial charge on any atom is -0.352 e. The van der Waals surface area contributed by atoms with E-state index in [2.05, 4.69) is 24.7 Å². The predicted molar refractivity (Wildman–Crippen MR) is 117 cm³/mol. The Morgan fingerprint density at radius 1 is 0.900 bits per heavy atom. The Bertz CT molecular complexity index is 841. The third-order valence-electron chi connectivity index (χ3n) is 4.61. The third kappa shape index (κ3) is 7.13. The van der Waals surface area contributed by atoms with E-state index >= 15 is 0 Å². The number of ether oxygens (including phenoxy) is 2. The molecule has 0 heterocycles. The standard InChI is InChI=1S/C24H30N2O4/c1-17(2)10-11-21(18-8-6-5-7-9-18)16-22(27)25-26-23(28)19-12-14-20(15-13-19)24(29-3)30-4/h5-9,12-17,24H,10-11H2,1-4H3,(H,25,27)(H,26,28)/b21-16+. The number of carbonyl (C=O) groups excluding carboxylic acids is 2. The predicted octanol–water partition coefficient (Wildman–Crippen LogP) is 4.26. The van der Waals surface area contributed by atoms with Crippen LogP contribution >= 0.6 is 0 Å². The van der Waals surface area contributed by atoms with Crippen molar-refractivity contribution in [1.82, 2.24) is 10.9 Å². The van der Waals surface area contributed by atoms with Crippen molar-refractivity contribution in [1.29, 1.82) is 0 Å². The minimum absolute atomic E-state index is 0.374. The summed E-state index contributed by atoms with van der Waals surface area (Å²) in [6, 6.07) is 16.6. The largest absolute Gasteiger partial charge is 0.352 e. The van der Waals surface area contributed by atoms with Crippen molar-refractivity contribution in [3.8, 4) is 0 Å². The van der Waals surface area contributed by atoms with Crippen LogP contribution in [0.25, 0.3) is 5.57 Å². The summed E-state index contributed by atoms with van der Waals surface area (Å²) in [6.45, 7) is 4.30. The average Bonchev–Trinajstić information content (AvgIpc) is 2.76. The van der Waals surface area contributed by atoms with Gasteiger partial charge in [0.15, 0.2) is 6.29 Å². The van der Waals surface area contributed by atoms with Crippen LogP contribution in [0, 0.1) is 5.92 Å². The zero-order valence-electron chi connectivity index (χ0n) is 18.0. The van der Waals surface area contributed by atoms with Gasteiger partial charge < -0.3 is 9.47 Å². The van der Waals surface area contributed by atoms with Crippen molar-refractivity contribution >= 4 is 17.4 Å². The van der Waals surface area contributed by atoms with Crippen LogP contribution in [0.2, 0.25) is 0 Å². The summed E-state index contributed by atoms with van der Waals surface area (Å²) in [7, 11) is 3.09. The van der Waals surface area contributed by atoms with Gasteiger partial charge in [-0.3, -0.25) is 20.4 Å². The number of methoxy groups -OCH3 is 2. The quantitative estimate of drug-likeness (QED) is 0.368. The zero-order chi connectivity index (χ0) is 21.9. The molecule has 0 bridgehead atoms. The van der Waals surface area contributed by atoms with Gasteiger partial charge in [0, 0.05) is 31.4 Å². The zero-order valence-corrected chi connectivity index (χ0v) is 18.0. The number of rotatable bonds is 9. The molecule has 0 radical (unpaired) electrons. The van der Waals surface area contributed by atoms with E-state index in [0.29, 0.717) is 11.5 Å². The summed E-state index contributed by atoms with van der Waals surface area (Å²) < 4.78 is 10.4. The molecular weight excluding hydrogens is 380 g/mol. The molecule has 0 aliphatic heterocycles. The molecule has 0 aliphatic rings. The van der Waals surface area contributed by atoms with E-state index in [9.17, 15) is 9.59 Å². The Balaban J connectivity index is 2.00. The van der Waals surface area contributed by atoms with Gasteiger partial charge in [-0.25, -0.2) is 0 Å². The van der Waals surface area contributed by atoms with Crippen LogP contribution < -0.4 is 10.9 Å². The van der Waals surface area contributed by atoms with Crippen molar-refractivity contribution in [3.05, 3.63) is 77.4 Å². The third-order valence-corrected chi connectivity index (χ3v) is 4.61. The lowest BCUT2D eigenvalue weighted by Crippen LogP contribution is -2.40. The molecule has 0 unspecified atom stereocenters. The van der Waals surface area contributed by atoms with E-state index in [4.69, 9.17) is 9.47 Å². The van der Waals surface area contributed by atoms with E-state index in [1.807, 2.05) is 30.3 Å². The first-order valence-corrected chi connectivity index (χ1v) is 9.96. The molecule has 2 aromatic rings. The Labute approximate surface area is 178 Å². The fourth-order valence-corrected chi connectivity index (χ4v) is 2.94. The smallest absolute Gasteiger partial charge is 0.269 e. The number of amides is 2. The van der Waals surface area contributed by atoms with Crippen molar-refractivity contribution in [2.75, 3.05) is 14.2 Å². The van der Waals surface area contributed by atoms with E-state index < -0.39 is 12.2 Å². The number of nitrogens with one attached hydrogen (secondary N) is 2. The molecule has 2 amide bonds. The first-order chi connectivity index (χ1) is 14.4. The van der Waals surface area contributed by atoms with Gasteiger partial charge in [0.05, 0.1) is 0 Å². The summed E-state index contributed by atoms with van der Waals surface area (Å²) in [5.74, 6) is -0.252. The Morgan fingerprint density at radius 3 is 2.10 bits per heavy atom. The number of hydrogen-bond acceptors (Lipinski definition) is 4. The molecule has 6 nitrogen and oxygen atoms in total. The van der Waals surface area contributed by atoms with Gasteiger partial charge in [-0.15, -0.1) is 0 Å². The van der Waals surface area contributed by atoms with Crippen LogP contribution in [0.4, 0.5) is 0 Å². The van der Waals surface area contributed by atoms with Crippen molar-refractivity contribution < 1.29 is 19.1 Å². The molecular formula is C24H30N2O4. The lowest BCUT2D eigenvalue weighted by Gasteiger charge is -2.14. The normalized spacial score (nSPS) is 11.6. The molecule has 6 heteroatoms. The van der Waals surface area contributed by atoms with E-state index in [0.717, 1.165) is 29.5 Å². The number of allylic oxidation sites excluding steroid dienone is 1. The van der Waals surface area contributed by atoms with Gasteiger partial charge in [0.1, 0.15) is 0 Å². The topological polar surface area (TPSA) is 76.7 Å².